The van der Waals surface area contributed by atoms with Crippen LogP contribution >= 0.6 is 0 Å². The number of carbonyl (C=O) groups is 2. The number of carboxylic acids is 1. The maximum absolute atomic E-state index is 11.8. The normalized spacial score (nSPS) is 11.7. The number of likely N-dealkylation sites (N-methyl/N-ethyl adjacent to an activating group) is 1. The van der Waals surface area contributed by atoms with E-state index in [0.717, 1.165) is 5.56 Å². The van der Waals surface area contributed by atoms with Gasteiger partial charge in [-0.2, -0.15) is 0 Å². The largest absolute Gasteiger partial charge is 0.497 e. The molecule has 1 rings (SSSR count). The minimum atomic E-state index is -0.910. The van der Waals surface area contributed by atoms with Crippen molar-refractivity contribution in [3.05, 3.63) is 29.8 Å². The molecule has 0 saturated carbocycles. The van der Waals surface area contributed by atoms with Crippen LogP contribution in [0.1, 0.15) is 24.3 Å². The van der Waals surface area contributed by atoms with Gasteiger partial charge in [0, 0.05) is 13.5 Å². The van der Waals surface area contributed by atoms with Crippen molar-refractivity contribution in [3.8, 4) is 5.75 Å². The maximum atomic E-state index is 11.8. The molecule has 0 spiro atoms. The van der Waals surface area contributed by atoms with E-state index < -0.39 is 11.9 Å². The summed E-state index contributed by atoms with van der Waals surface area (Å²) >= 11 is 0. The lowest BCUT2D eigenvalue weighted by molar-refractivity contribution is -0.137. The molecule has 0 bridgehead atoms. The zero-order chi connectivity index (χ0) is 13.5. The van der Waals surface area contributed by atoms with Crippen molar-refractivity contribution < 1.29 is 19.4 Å². The zero-order valence-electron chi connectivity index (χ0n) is 10.5. The van der Waals surface area contributed by atoms with Crippen molar-refractivity contribution in [1.29, 1.82) is 0 Å². The Morgan fingerprint density at radius 2 is 2.17 bits per heavy atom. The number of hydrogen-bond acceptors (Lipinski definition) is 3. The standard InChI is InChI=1S/C13H17NO4/c1-14-13(17)11(6-7-12(15)16)9-4-3-5-10(8-9)18-2/h3-5,8,11H,6-7H2,1-2H3,(H,14,17)(H,15,16). The Morgan fingerprint density at radius 1 is 1.44 bits per heavy atom. The number of amides is 1. The van der Waals surface area contributed by atoms with Crippen LogP contribution in [0.3, 0.4) is 0 Å². The van der Waals surface area contributed by atoms with Crippen molar-refractivity contribution in [2.45, 2.75) is 18.8 Å². The van der Waals surface area contributed by atoms with Crippen molar-refractivity contribution in [2.24, 2.45) is 0 Å². The van der Waals surface area contributed by atoms with Gasteiger partial charge >= 0.3 is 5.97 Å². The second-order valence-corrected chi connectivity index (χ2v) is 3.88. The third-order valence-corrected chi connectivity index (χ3v) is 2.71. The molecule has 98 valence electrons. The highest BCUT2D eigenvalue weighted by molar-refractivity contribution is 5.84. The van der Waals surface area contributed by atoms with E-state index in [9.17, 15) is 9.59 Å². The number of nitrogens with one attached hydrogen (secondary N) is 1. The Labute approximate surface area is 106 Å². The van der Waals surface area contributed by atoms with E-state index in [1.165, 1.54) is 7.05 Å². The van der Waals surface area contributed by atoms with Crippen molar-refractivity contribution in [1.82, 2.24) is 5.32 Å². The first kappa shape index (κ1) is 14.0. The molecule has 0 radical (unpaired) electrons. The molecular weight excluding hydrogens is 234 g/mol. The first-order chi connectivity index (χ1) is 8.58. The summed E-state index contributed by atoms with van der Waals surface area (Å²) in [5.74, 6) is -0.922. The van der Waals surface area contributed by atoms with Gasteiger partial charge in [0.05, 0.1) is 13.0 Å². The third kappa shape index (κ3) is 3.76. The summed E-state index contributed by atoms with van der Waals surface area (Å²) in [5.41, 5.74) is 0.759. The number of carbonyl (C=O) groups excluding carboxylic acids is 1. The fraction of sp³-hybridized carbons (Fsp3) is 0.385. The Kier molecular flexibility index (Phi) is 5.17. The molecule has 0 aliphatic heterocycles. The van der Waals surface area contributed by atoms with Gasteiger partial charge in [-0.05, 0) is 24.1 Å². The van der Waals surface area contributed by atoms with Crippen LogP contribution in [0, 0.1) is 0 Å². The monoisotopic (exact) mass is 251 g/mol. The molecule has 0 fully saturated rings. The highest BCUT2D eigenvalue weighted by Gasteiger charge is 2.20. The van der Waals surface area contributed by atoms with Gasteiger partial charge in [-0.25, -0.2) is 0 Å². The number of methoxy groups -OCH3 is 1. The molecule has 1 atom stereocenters. The Hall–Kier alpha value is -2.04. The number of ether oxygens (including phenoxy) is 1. The average Bonchev–Trinajstić information content (AvgIpc) is 2.38. The van der Waals surface area contributed by atoms with Crippen LogP contribution in [-0.2, 0) is 9.59 Å². The minimum absolute atomic E-state index is 0.0463. The van der Waals surface area contributed by atoms with Crippen LogP contribution in [0.25, 0.3) is 0 Å². The van der Waals surface area contributed by atoms with E-state index in [4.69, 9.17) is 9.84 Å². The highest BCUT2D eigenvalue weighted by Crippen LogP contribution is 2.25. The Morgan fingerprint density at radius 3 is 2.72 bits per heavy atom. The number of hydrogen-bond donors (Lipinski definition) is 2. The predicted molar refractivity (Wildman–Crippen MR) is 66.7 cm³/mol. The van der Waals surface area contributed by atoms with Gasteiger partial charge in [-0.3, -0.25) is 9.59 Å². The first-order valence-electron chi connectivity index (χ1n) is 5.65. The second-order valence-electron chi connectivity index (χ2n) is 3.88. The van der Waals surface area contributed by atoms with Gasteiger partial charge in [0.15, 0.2) is 0 Å². The lowest BCUT2D eigenvalue weighted by Crippen LogP contribution is -2.26. The smallest absolute Gasteiger partial charge is 0.303 e. The van der Waals surface area contributed by atoms with Gasteiger partial charge < -0.3 is 15.2 Å². The van der Waals surface area contributed by atoms with Gasteiger partial charge in [0.2, 0.25) is 5.91 Å². The van der Waals surface area contributed by atoms with Crippen LogP contribution in [0.5, 0.6) is 5.75 Å². The Balaban J connectivity index is 2.93. The maximum Gasteiger partial charge on any atom is 0.303 e. The van der Waals surface area contributed by atoms with Crippen LogP contribution in [0.2, 0.25) is 0 Å². The van der Waals surface area contributed by atoms with Gasteiger partial charge in [0.1, 0.15) is 5.75 Å². The van der Waals surface area contributed by atoms with E-state index in [2.05, 4.69) is 5.32 Å². The van der Waals surface area contributed by atoms with E-state index in [1.807, 2.05) is 0 Å². The minimum Gasteiger partial charge on any atom is -0.497 e. The van der Waals surface area contributed by atoms with E-state index in [-0.39, 0.29) is 18.7 Å². The molecule has 0 aromatic heterocycles. The molecule has 5 heteroatoms. The molecule has 0 aliphatic carbocycles. The molecule has 0 heterocycles. The lowest BCUT2D eigenvalue weighted by Gasteiger charge is -2.15. The fourth-order valence-corrected chi connectivity index (χ4v) is 1.75. The summed E-state index contributed by atoms with van der Waals surface area (Å²) in [5, 5.41) is 11.3. The number of rotatable bonds is 6. The summed E-state index contributed by atoms with van der Waals surface area (Å²) in [6.45, 7) is 0. The molecule has 5 nitrogen and oxygen atoms in total. The Bertz CT molecular complexity index is 431. The molecule has 1 aromatic carbocycles. The van der Waals surface area contributed by atoms with E-state index in [0.29, 0.717) is 5.75 Å². The molecule has 1 aromatic rings. The van der Waals surface area contributed by atoms with Crippen molar-refractivity contribution in [3.63, 3.8) is 0 Å². The molecule has 1 amide bonds. The zero-order valence-corrected chi connectivity index (χ0v) is 10.5. The number of aliphatic carboxylic acids is 1. The predicted octanol–water partition coefficient (Wildman–Crippen LogP) is 1.39. The fourth-order valence-electron chi connectivity index (χ4n) is 1.75. The van der Waals surface area contributed by atoms with Crippen molar-refractivity contribution in [2.75, 3.05) is 14.2 Å². The van der Waals surface area contributed by atoms with Crippen molar-refractivity contribution >= 4 is 11.9 Å². The summed E-state index contributed by atoms with van der Waals surface area (Å²) in [6, 6.07) is 7.11. The number of carboxylic acid groups (broad SMARTS) is 1. The summed E-state index contributed by atoms with van der Waals surface area (Å²) in [6.07, 6.45) is 0.220. The average molecular weight is 251 g/mol. The van der Waals surface area contributed by atoms with Gasteiger partial charge in [-0.15, -0.1) is 0 Å². The lowest BCUT2D eigenvalue weighted by atomic mass is 9.93. The molecule has 1 unspecified atom stereocenters. The SMILES string of the molecule is CNC(=O)C(CCC(=O)O)c1cccc(OC)c1. The van der Waals surface area contributed by atoms with Gasteiger partial charge in [-0.1, -0.05) is 12.1 Å². The highest BCUT2D eigenvalue weighted by atomic mass is 16.5. The van der Waals surface area contributed by atoms with E-state index >= 15 is 0 Å². The molecule has 2 N–H and O–H groups in total. The third-order valence-electron chi connectivity index (χ3n) is 2.71. The topological polar surface area (TPSA) is 75.6 Å². The van der Waals surface area contributed by atoms with Crippen LogP contribution in [0.15, 0.2) is 24.3 Å². The van der Waals surface area contributed by atoms with Crippen LogP contribution in [-0.4, -0.2) is 31.1 Å². The summed E-state index contributed by atoms with van der Waals surface area (Å²) in [7, 11) is 3.08. The second kappa shape index (κ2) is 6.64. The molecule has 18 heavy (non-hydrogen) atoms. The van der Waals surface area contributed by atoms with E-state index in [1.54, 1.807) is 31.4 Å². The molecule has 0 aliphatic rings. The number of benzene rings is 1. The molecular formula is C13H17NO4. The summed E-state index contributed by atoms with van der Waals surface area (Å²) < 4.78 is 5.10. The first-order valence-corrected chi connectivity index (χ1v) is 5.65. The quantitative estimate of drug-likeness (QED) is 0.801. The molecule has 0 saturated heterocycles. The van der Waals surface area contributed by atoms with Crippen LogP contribution in [0.4, 0.5) is 0 Å². The summed E-state index contributed by atoms with van der Waals surface area (Å²) in [4.78, 5) is 22.4. The van der Waals surface area contributed by atoms with Crippen LogP contribution < -0.4 is 10.1 Å². The van der Waals surface area contributed by atoms with Gasteiger partial charge in [0.25, 0.3) is 0 Å².